The van der Waals surface area contributed by atoms with E-state index in [0.717, 1.165) is 75.3 Å². The summed E-state index contributed by atoms with van der Waals surface area (Å²) in [4.78, 5) is 9.59. The molecule has 31 heavy (non-hydrogen) atoms. The maximum atomic E-state index is 9.46. The first-order chi connectivity index (χ1) is 14.6. The number of rotatable bonds is 8. The van der Waals surface area contributed by atoms with Gasteiger partial charge in [0.2, 0.25) is 0 Å². The summed E-state index contributed by atoms with van der Waals surface area (Å²) >= 11 is 6.59. The second-order valence-electron chi connectivity index (χ2n) is 8.35. The minimum absolute atomic E-state index is 0. The van der Waals surface area contributed by atoms with Gasteiger partial charge in [-0.3, -0.25) is 0 Å². The van der Waals surface area contributed by atoms with Gasteiger partial charge in [0.25, 0.3) is 0 Å². The lowest BCUT2D eigenvalue weighted by molar-refractivity contribution is 0.127. The Labute approximate surface area is 208 Å². The molecule has 3 rings (SSSR count). The Bertz CT molecular complexity index is 707. The van der Waals surface area contributed by atoms with E-state index in [1.54, 1.807) is 0 Å². The van der Waals surface area contributed by atoms with Gasteiger partial charge in [0.1, 0.15) is 0 Å². The number of aliphatic imine (C=N–C) groups is 1. The van der Waals surface area contributed by atoms with Crippen LogP contribution in [0.25, 0.3) is 0 Å². The van der Waals surface area contributed by atoms with Crippen molar-refractivity contribution < 1.29 is 9.84 Å². The largest absolute Gasteiger partial charge is 0.396 e. The molecule has 2 saturated heterocycles. The Morgan fingerprint density at radius 2 is 2.03 bits per heavy atom. The molecule has 2 fully saturated rings. The molecule has 0 radical (unpaired) electrons. The van der Waals surface area contributed by atoms with Crippen molar-refractivity contribution in [2.75, 3.05) is 71.0 Å². The van der Waals surface area contributed by atoms with Gasteiger partial charge in [-0.25, -0.2) is 4.99 Å². The van der Waals surface area contributed by atoms with E-state index >= 15 is 0 Å². The number of ether oxygens (including phenoxy) is 1. The molecular formula is C22H37ClIN5O2. The first-order valence-corrected chi connectivity index (χ1v) is 11.4. The predicted molar refractivity (Wildman–Crippen MR) is 139 cm³/mol. The van der Waals surface area contributed by atoms with Crippen LogP contribution in [0.5, 0.6) is 0 Å². The van der Waals surface area contributed by atoms with E-state index in [1.165, 1.54) is 5.69 Å². The molecule has 0 bridgehead atoms. The molecule has 2 aliphatic heterocycles. The van der Waals surface area contributed by atoms with Crippen LogP contribution in [0, 0.1) is 5.41 Å². The average molecular weight is 566 g/mol. The van der Waals surface area contributed by atoms with Gasteiger partial charge in [0.15, 0.2) is 5.96 Å². The second-order valence-corrected chi connectivity index (χ2v) is 8.76. The van der Waals surface area contributed by atoms with Crippen molar-refractivity contribution in [1.82, 2.24) is 15.5 Å². The van der Waals surface area contributed by atoms with E-state index in [-0.39, 0.29) is 36.0 Å². The van der Waals surface area contributed by atoms with Gasteiger partial charge in [0, 0.05) is 74.2 Å². The van der Waals surface area contributed by atoms with Crippen LogP contribution >= 0.6 is 35.6 Å². The van der Waals surface area contributed by atoms with Crippen molar-refractivity contribution in [3.63, 3.8) is 0 Å². The lowest BCUT2D eigenvalue weighted by Crippen LogP contribution is -2.45. The molecule has 0 aliphatic carbocycles. The molecule has 2 heterocycles. The summed E-state index contributed by atoms with van der Waals surface area (Å²) in [5.74, 6) is 0.769. The number of aliphatic hydroxyl groups is 1. The first kappa shape index (κ1) is 26.4. The third-order valence-electron chi connectivity index (χ3n) is 6.14. The van der Waals surface area contributed by atoms with E-state index in [9.17, 15) is 5.11 Å². The number of likely N-dealkylation sites (N-methyl/N-ethyl adjacent to an activating group) is 1. The Kier molecular flexibility index (Phi) is 11.1. The fraction of sp³-hybridized carbons (Fsp3) is 0.682. The number of hydrogen-bond donors (Lipinski definition) is 3. The quantitative estimate of drug-likeness (QED) is 0.256. The Morgan fingerprint density at radius 1 is 1.26 bits per heavy atom. The molecule has 0 amide bonds. The molecule has 1 unspecified atom stereocenters. The molecule has 2 aliphatic rings. The van der Waals surface area contributed by atoms with Crippen molar-refractivity contribution in [2.24, 2.45) is 10.4 Å². The van der Waals surface area contributed by atoms with E-state index < -0.39 is 0 Å². The van der Waals surface area contributed by atoms with Crippen molar-refractivity contribution in [3.05, 3.63) is 28.8 Å². The van der Waals surface area contributed by atoms with Gasteiger partial charge in [0.05, 0.1) is 13.2 Å². The highest BCUT2D eigenvalue weighted by molar-refractivity contribution is 14.0. The lowest BCUT2D eigenvalue weighted by Gasteiger charge is -2.35. The summed E-state index contributed by atoms with van der Waals surface area (Å²) in [7, 11) is 2.16. The van der Waals surface area contributed by atoms with Crippen LogP contribution in [0.3, 0.4) is 0 Å². The minimum Gasteiger partial charge on any atom is -0.396 e. The molecule has 0 spiro atoms. The minimum atomic E-state index is -0.0275. The smallest absolute Gasteiger partial charge is 0.191 e. The van der Waals surface area contributed by atoms with E-state index in [0.29, 0.717) is 13.2 Å². The number of benzene rings is 1. The molecule has 1 atom stereocenters. The van der Waals surface area contributed by atoms with Gasteiger partial charge < -0.3 is 30.3 Å². The van der Waals surface area contributed by atoms with Crippen LogP contribution in [-0.4, -0.2) is 82.1 Å². The van der Waals surface area contributed by atoms with E-state index in [2.05, 4.69) is 40.5 Å². The number of nitrogens with one attached hydrogen (secondary N) is 2. The fourth-order valence-electron chi connectivity index (χ4n) is 4.13. The summed E-state index contributed by atoms with van der Waals surface area (Å²) in [6, 6.07) is 6.11. The molecule has 0 saturated carbocycles. The highest BCUT2D eigenvalue weighted by atomic mass is 127. The highest BCUT2D eigenvalue weighted by Gasteiger charge is 2.34. The van der Waals surface area contributed by atoms with Crippen LogP contribution in [-0.2, 0) is 11.3 Å². The number of piperazine rings is 1. The van der Waals surface area contributed by atoms with Gasteiger partial charge in [-0.1, -0.05) is 17.7 Å². The van der Waals surface area contributed by atoms with Crippen LogP contribution < -0.4 is 15.5 Å². The SMILES string of the molecule is CCNC(=NCc1c(Cl)cccc1N1CCN(C)CC1)NCC1(CCO)CCOC1.I. The van der Waals surface area contributed by atoms with Gasteiger partial charge >= 0.3 is 0 Å². The van der Waals surface area contributed by atoms with Crippen LogP contribution in [0.4, 0.5) is 5.69 Å². The first-order valence-electron chi connectivity index (χ1n) is 11.0. The number of aliphatic hydroxyl groups excluding tert-OH is 1. The average Bonchev–Trinajstić information content (AvgIpc) is 3.20. The molecule has 0 aromatic heterocycles. The standard InChI is InChI=1S/C22H36ClN5O2.HI/c1-3-24-21(26-16-22(7-13-29)8-14-30-17-22)25-15-18-19(23)5-4-6-20(18)28-11-9-27(2)10-12-28;/h4-6,29H,3,7-17H2,1-2H3,(H2,24,25,26);1H. The molecule has 1 aromatic carbocycles. The van der Waals surface area contributed by atoms with Crippen molar-refractivity contribution in [2.45, 2.75) is 26.3 Å². The summed E-state index contributed by atoms with van der Waals surface area (Å²) in [5, 5.41) is 17.0. The molecule has 9 heteroatoms. The number of nitrogens with zero attached hydrogens (tertiary/aromatic N) is 3. The summed E-state index contributed by atoms with van der Waals surface area (Å²) in [5.41, 5.74) is 2.21. The number of hydrogen-bond acceptors (Lipinski definition) is 5. The normalized spacial score (nSPS) is 22.3. The zero-order valence-corrected chi connectivity index (χ0v) is 21.8. The Hall–Kier alpha value is -0.810. The number of halogens is 2. The van der Waals surface area contributed by atoms with Crippen molar-refractivity contribution in [1.29, 1.82) is 0 Å². The van der Waals surface area contributed by atoms with Crippen LogP contribution in [0.2, 0.25) is 5.02 Å². The highest BCUT2D eigenvalue weighted by Crippen LogP contribution is 2.32. The number of anilines is 1. The van der Waals surface area contributed by atoms with Crippen LogP contribution in [0.15, 0.2) is 23.2 Å². The fourth-order valence-corrected chi connectivity index (χ4v) is 4.36. The summed E-state index contributed by atoms with van der Waals surface area (Å²) < 4.78 is 5.60. The van der Waals surface area contributed by atoms with Gasteiger partial charge in [-0.2, -0.15) is 0 Å². The summed E-state index contributed by atoms with van der Waals surface area (Å²) in [6.07, 6.45) is 1.69. The molecular weight excluding hydrogens is 529 g/mol. The third-order valence-corrected chi connectivity index (χ3v) is 6.49. The second kappa shape index (κ2) is 13.0. The lowest BCUT2D eigenvalue weighted by atomic mass is 9.84. The summed E-state index contributed by atoms with van der Waals surface area (Å²) in [6.45, 7) is 9.78. The Balaban J connectivity index is 0.00000341. The van der Waals surface area contributed by atoms with Crippen molar-refractivity contribution in [3.8, 4) is 0 Å². The Morgan fingerprint density at radius 3 is 2.68 bits per heavy atom. The zero-order chi connectivity index (χ0) is 21.4. The van der Waals surface area contributed by atoms with Gasteiger partial charge in [-0.15, -0.1) is 24.0 Å². The molecule has 1 aromatic rings. The monoisotopic (exact) mass is 565 g/mol. The maximum absolute atomic E-state index is 9.46. The predicted octanol–water partition coefficient (Wildman–Crippen LogP) is 2.55. The third kappa shape index (κ3) is 7.35. The molecule has 176 valence electrons. The molecule has 3 N–H and O–H groups in total. The van der Waals surface area contributed by atoms with E-state index in [4.69, 9.17) is 21.3 Å². The van der Waals surface area contributed by atoms with Crippen molar-refractivity contribution >= 4 is 47.2 Å². The maximum Gasteiger partial charge on any atom is 0.191 e. The van der Waals surface area contributed by atoms with Crippen LogP contribution in [0.1, 0.15) is 25.3 Å². The van der Waals surface area contributed by atoms with Gasteiger partial charge in [-0.05, 0) is 38.9 Å². The zero-order valence-electron chi connectivity index (χ0n) is 18.7. The van der Waals surface area contributed by atoms with E-state index in [1.807, 2.05) is 12.1 Å². The molecule has 7 nitrogen and oxygen atoms in total. The topological polar surface area (TPSA) is 72.4 Å². The number of guanidine groups is 1.